The standard InChI is InChI=1S/C79H142O17P2/c1-5-9-13-17-21-25-29-33-36-40-43-47-51-55-59-63-76(81)89-69-74(95-78(83)65-61-57-53-49-45-39-32-28-24-20-16-12-8-4)71-93-97(85,86)91-67-73(80)68-92-98(87,88)94-72-75(96-79(84)66-62-58-54-50-46-42-38-35-31-27-23-19-15-11-7-3)70-90-77(82)64-60-56-52-48-44-41-37-34-30-26-22-18-14-10-6-2/h21-23,25-27,33-38,73-75,80H,5-20,24,28-32,39-72H2,1-4H3,(H,85,86)(H,87,88)/b25-21-,26-22-,27-23-,36-33-,37-34-,38-35-/t73?,74-,75-/m1/s1. The summed E-state index contributed by atoms with van der Waals surface area (Å²) in [7, 11) is -9.95. The van der Waals surface area contributed by atoms with Crippen LogP contribution in [0.3, 0.4) is 0 Å². The van der Waals surface area contributed by atoms with Gasteiger partial charge in [0.15, 0.2) is 12.2 Å². The van der Waals surface area contributed by atoms with E-state index in [0.29, 0.717) is 25.7 Å². The second kappa shape index (κ2) is 71.9. The number of ether oxygens (including phenoxy) is 4. The summed E-state index contributed by atoms with van der Waals surface area (Å²) in [4.78, 5) is 72.9. The van der Waals surface area contributed by atoms with E-state index in [4.69, 9.17) is 37.0 Å². The van der Waals surface area contributed by atoms with Crippen molar-refractivity contribution in [2.75, 3.05) is 39.6 Å². The highest BCUT2D eigenvalue weighted by molar-refractivity contribution is 7.47. The molecule has 0 spiro atoms. The van der Waals surface area contributed by atoms with Crippen molar-refractivity contribution >= 4 is 39.5 Å². The normalized spacial score (nSPS) is 14.3. The van der Waals surface area contributed by atoms with Crippen molar-refractivity contribution < 1.29 is 80.2 Å². The predicted octanol–water partition coefficient (Wildman–Crippen LogP) is 22.4. The number of hydrogen-bond acceptors (Lipinski definition) is 15. The highest BCUT2D eigenvalue weighted by Gasteiger charge is 2.30. The molecular formula is C79H142O17P2. The van der Waals surface area contributed by atoms with Crippen LogP contribution in [0.4, 0.5) is 0 Å². The smallest absolute Gasteiger partial charge is 0.462 e. The van der Waals surface area contributed by atoms with Gasteiger partial charge >= 0.3 is 39.5 Å². The van der Waals surface area contributed by atoms with Crippen LogP contribution in [0.15, 0.2) is 72.9 Å². The molecule has 0 rings (SSSR count). The molecule has 19 heteroatoms. The van der Waals surface area contributed by atoms with Gasteiger partial charge in [-0.15, -0.1) is 0 Å². The first-order chi connectivity index (χ1) is 47.7. The van der Waals surface area contributed by atoms with E-state index in [2.05, 4.69) is 101 Å². The Hall–Kier alpha value is -3.50. The number of esters is 4. The maximum absolute atomic E-state index is 13.1. The predicted molar refractivity (Wildman–Crippen MR) is 400 cm³/mol. The Morgan fingerprint density at radius 1 is 0.286 bits per heavy atom. The minimum atomic E-state index is -4.98. The molecule has 570 valence electrons. The maximum Gasteiger partial charge on any atom is 0.472 e. The Morgan fingerprint density at radius 2 is 0.500 bits per heavy atom. The van der Waals surface area contributed by atoms with Gasteiger partial charge in [-0.1, -0.05) is 274 Å². The summed E-state index contributed by atoms with van der Waals surface area (Å²) >= 11 is 0. The van der Waals surface area contributed by atoms with Crippen molar-refractivity contribution in [3.8, 4) is 0 Å². The summed E-state index contributed by atoms with van der Waals surface area (Å²) in [5, 5.41) is 10.6. The molecule has 17 nitrogen and oxygen atoms in total. The van der Waals surface area contributed by atoms with Crippen LogP contribution in [-0.2, 0) is 65.4 Å². The summed E-state index contributed by atoms with van der Waals surface area (Å²) in [6.45, 7) is 4.80. The Kier molecular flexibility index (Phi) is 69.3. The average molecular weight is 1430 g/mol. The van der Waals surface area contributed by atoms with Crippen LogP contribution in [-0.4, -0.2) is 96.7 Å². The number of aliphatic hydroxyl groups is 1. The molecule has 98 heavy (non-hydrogen) atoms. The van der Waals surface area contributed by atoms with Gasteiger partial charge < -0.3 is 33.8 Å². The zero-order valence-corrected chi connectivity index (χ0v) is 64.0. The molecule has 3 unspecified atom stereocenters. The molecule has 0 saturated carbocycles. The van der Waals surface area contributed by atoms with Crippen molar-refractivity contribution in [3.63, 3.8) is 0 Å². The third-order valence-electron chi connectivity index (χ3n) is 16.6. The minimum Gasteiger partial charge on any atom is -0.462 e. The summed E-state index contributed by atoms with van der Waals surface area (Å²) in [5.41, 5.74) is 0. The molecule has 0 aliphatic rings. The molecule has 5 atom stereocenters. The van der Waals surface area contributed by atoms with Gasteiger partial charge in [-0.05, 0) is 122 Å². The fourth-order valence-corrected chi connectivity index (χ4v) is 12.2. The first kappa shape index (κ1) is 94.5. The van der Waals surface area contributed by atoms with Crippen molar-refractivity contribution in [3.05, 3.63) is 72.9 Å². The fraction of sp³-hybridized carbons (Fsp3) is 0.797. The highest BCUT2D eigenvalue weighted by atomic mass is 31.2. The van der Waals surface area contributed by atoms with E-state index >= 15 is 0 Å². The molecule has 0 fully saturated rings. The quantitative estimate of drug-likeness (QED) is 0.0169. The molecule has 0 amide bonds. The van der Waals surface area contributed by atoms with Crippen LogP contribution in [0, 0.1) is 0 Å². The summed E-state index contributed by atoms with van der Waals surface area (Å²) in [6, 6.07) is 0. The lowest BCUT2D eigenvalue weighted by Crippen LogP contribution is -2.30. The number of hydrogen-bond donors (Lipinski definition) is 3. The Labute approximate surface area is 596 Å². The lowest BCUT2D eigenvalue weighted by molar-refractivity contribution is -0.161. The van der Waals surface area contributed by atoms with Crippen LogP contribution in [0.2, 0.25) is 0 Å². The third-order valence-corrected chi connectivity index (χ3v) is 18.5. The summed E-state index contributed by atoms with van der Waals surface area (Å²) in [6.07, 6.45) is 71.6. The van der Waals surface area contributed by atoms with Crippen molar-refractivity contribution in [2.24, 2.45) is 0 Å². The van der Waals surface area contributed by atoms with Gasteiger partial charge in [-0.2, -0.15) is 0 Å². The number of allylic oxidation sites excluding steroid dienone is 12. The Balaban J connectivity index is 5.36. The van der Waals surface area contributed by atoms with Gasteiger partial charge in [0, 0.05) is 25.7 Å². The molecule has 0 saturated heterocycles. The van der Waals surface area contributed by atoms with Gasteiger partial charge in [-0.25, -0.2) is 9.13 Å². The van der Waals surface area contributed by atoms with Gasteiger partial charge in [0.25, 0.3) is 0 Å². The van der Waals surface area contributed by atoms with Crippen LogP contribution >= 0.6 is 15.6 Å². The van der Waals surface area contributed by atoms with E-state index < -0.39 is 97.5 Å². The van der Waals surface area contributed by atoms with Gasteiger partial charge in [0.1, 0.15) is 19.3 Å². The van der Waals surface area contributed by atoms with Crippen LogP contribution in [0.1, 0.15) is 349 Å². The lowest BCUT2D eigenvalue weighted by atomic mass is 10.0. The number of carbonyl (C=O) groups is 4. The number of carbonyl (C=O) groups excluding carboxylic acids is 4. The van der Waals surface area contributed by atoms with Crippen LogP contribution < -0.4 is 0 Å². The van der Waals surface area contributed by atoms with Crippen molar-refractivity contribution in [2.45, 2.75) is 367 Å². The Bertz CT molecular complexity index is 2140. The first-order valence-electron chi connectivity index (χ1n) is 39.2. The van der Waals surface area contributed by atoms with Crippen molar-refractivity contribution in [1.29, 1.82) is 0 Å². The Morgan fingerprint density at radius 3 is 0.776 bits per heavy atom. The monoisotopic (exact) mass is 1420 g/mol. The summed E-state index contributed by atoms with van der Waals surface area (Å²) in [5.74, 6) is -2.19. The largest absolute Gasteiger partial charge is 0.472 e. The van der Waals surface area contributed by atoms with Crippen LogP contribution in [0.25, 0.3) is 0 Å². The second-order valence-electron chi connectivity index (χ2n) is 26.3. The van der Waals surface area contributed by atoms with E-state index in [1.165, 1.54) is 109 Å². The number of phosphoric acid groups is 2. The van der Waals surface area contributed by atoms with E-state index in [9.17, 15) is 43.2 Å². The molecule has 3 N–H and O–H groups in total. The van der Waals surface area contributed by atoms with E-state index in [0.717, 1.165) is 161 Å². The molecule has 0 bridgehead atoms. The number of phosphoric ester groups is 2. The minimum absolute atomic E-state index is 0.0782. The topological polar surface area (TPSA) is 237 Å². The molecular weight excluding hydrogens is 1280 g/mol. The van der Waals surface area contributed by atoms with Crippen LogP contribution in [0.5, 0.6) is 0 Å². The van der Waals surface area contributed by atoms with Crippen molar-refractivity contribution in [1.82, 2.24) is 0 Å². The number of unbranched alkanes of at least 4 members (excludes halogenated alkanes) is 36. The van der Waals surface area contributed by atoms with E-state index in [-0.39, 0.29) is 25.7 Å². The molecule has 0 aromatic rings. The van der Waals surface area contributed by atoms with E-state index in [1.54, 1.807) is 0 Å². The maximum atomic E-state index is 13.1. The second-order valence-corrected chi connectivity index (χ2v) is 29.2. The van der Waals surface area contributed by atoms with Gasteiger partial charge in [-0.3, -0.25) is 37.3 Å². The van der Waals surface area contributed by atoms with Gasteiger partial charge in [0.05, 0.1) is 26.4 Å². The lowest BCUT2D eigenvalue weighted by Gasteiger charge is -2.21. The SMILES string of the molecule is CCCCC/C=C\C/C=C\CCCCCCCC(=O)OC[C@H](COP(=O)(O)OCC(O)COP(=O)(O)OC[C@@H](COC(=O)CCCCCCC/C=C\C/C=C\CCCCC)OC(=O)CCCCCCCCCCCCCCC)OC(=O)CCCCCCC/C=C\C/C=C\CCCCC. The molecule has 0 aliphatic carbocycles. The first-order valence-corrected chi connectivity index (χ1v) is 42.2. The molecule has 0 aromatic heterocycles. The highest BCUT2D eigenvalue weighted by Crippen LogP contribution is 2.45. The van der Waals surface area contributed by atoms with E-state index in [1.807, 2.05) is 0 Å². The molecule has 0 aliphatic heterocycles. The number of aliphatic hydroxyl groups excluding tert-OH is 1. The molecule has 0 heterocycles. The zero-order valence-electron chi connectivity index (χ0n) is 62.2. The van der Waals surface area contributed by atoms with Gasteiger partial charge in [0.2, 0.25) is 0 Å². The summed E-state index contributed by atoms with van der Waals surface area (Å²) < 4.78 is 68.5. The fourth-order valence-electron chi connectivity index (χ4n) is 10.6. The third kappa shape index (κ3) is 70.9. The number of rotatable bonds is 74. The molecule has 0 radical (unpaired) electrons. The molecule has 0 aromatic carbocycles. The average Bonchev–Trinajstić information content (AvgIpc) is 1.04. The zero-order chi connectivity index (χ0) is 71.8.